The van der Waals surface area contributed by atoms with Gasteiger partial charge in [-0.2, -0.15) is 0 Å². The number of halogens is 1. The number of nitrogens with zero attached hydrogens (tertiary/aromatic N) is 2. The number of pyridine rings is 1. The fourth-order valence-corrected chi connectivity index (χ4v) is 2.68. The van der Waals surface area contributed by atoms with Crippen LogP contribution in [0.5, 0.6) is 0 Å². The van der Waals surface area contributed by atoms with Crippen molar-refractivity contribution in [3.8, 4) is 0 Å². The third kappa shape index (κ3) is 5.11. The van der Waals surface area contributed by atoms with Gasteiger partial charge in [-0.05, 0) is 33.8 Å². The number of nitrogens with one attached hydrogen (secondary N) is 3. The van der Waals surface area contributed by atoms with Gasteiger partial charge in [0, 0.05) is 11.7 Å². The van der Waals surface area contributed by atoms with Crippen molar-refractivity contribution >= 4 is 46.5 Å². The lowest BCUT2D eigenvalue weighted by Crippen LogP contribution is -2.49. The van der Waals surface area contributed by atoms with Gasteiger partial charge in [-0.1, -0.05) is 23.4 Å². The molecule has 0 unspecified atom stereocenters. The second-order valence-electron chi connectivity index (χ2n) is 6.02. The van der Waals surface area contributed by atoms with E-state index in [4.69, 9.17) is 11.6 Å². The molecular formula is C14H18ClN5O2S. The van der Waals surface area contributed by atoms with Crippen LogP contribution in [-0.4, -0.2) is 37.7 Å². The Balaban J connectivity index is 1.98. The third-order valence-electron chi connectivity index (χ3n) is 2.67. The number of imide groups is 1. The lowest BCUT2D eigenvalue weighted by atomic mass is 10.1. The van der Waals surface area contributed by atoms with E-state index >= 15 is 0 Å². The highest BCUT2D eigenvalue weighted by Crippen LogP contribution is 2.23. The molecule has 3 N–H and O–H groups in total. The third-order valence-corrected chi connectivity index (χ3v) is 3.86. The summed E-state index contributed by atoms with van der Waals surface area (Å²) in [7, 11) is 0. The summed E-state index contributed by atoms with van der Waals surface area (Å²) in [6.07, 6.45) is 1.51. The summed E-state index contributed by atoms with van der Waals surface area (Å²) in [6.45, 7) is 7.20. The van der Waals surface area contributed by atoms with E-state index in [0.29, 0.717) is 21.3 Å². The molecule has 3 amide bonds. The van der Waals surface area contributed by atoms with Crippen molar-refractivity contribution in [1.29, 1.82) is 0 Å². The van der Waals surface area contributed by atoms with Gasteiger partial charge in [0.1, 0.15) is 0 Å². The number of hydrogen-bond acceptors (Lipinski definition) is 5. The molecule has 124 valence electrons. The summed E-state index contributed by atoms with van der Waals surface area (Å²) in [5, 5.41) is 5.51. The molecule has 0 saturated carbocycles. The summed E-state index contributed by atoms with van der Waals surface area (Å²) in [4.78, 5) is 35.1. The van der Waals surface area contributed by atoms with Crippen LogP contribution < -0.4 is 10.6 Å². The number of aromatic amines is 1. The first-order valence-corrected chi connectivity index (χ1v) is 8.21. The number of fused-ring (bicyclic) bond motifs is 1. The molecule has 0 radical (unpaired) electrons. The highest BCUT2D eigenvalue weighted by Gasteiger charge is 2.21. The van der Waals surface area contributed by atoms with E-state index in [1.165, 1.54) is 18.0 Å². The van der Waals surface area contributed by atoms with Crippen molar-refractivity contribution in [2.75, 3.05) is 0 Å². The van der Waals surface area contributed by atoms with Crippen molar-refractivity contribution in [3.63, 3.8) is 0 Å². The van der Waals surface area contributed by atoms with Gasteiger partial charge in [0.25, 0.3) is 0 Å². The van der Waals surface area contributed by atoms with Gasteiger partial charge < -0.3 is 10.3 Å². The van der Waals surface area contributed by atoms with Crippen molar-refractivity contribution < 1.29 is 9.59 Å². The topological polar surface area (TPSA) is 99.8 Å². The minimum Gasteiger partial charge on any atom is -0.333 e. The van der Waals surface area contributed by atoms with Crippen molar-refractivity contribution in [1.82, 2.24) is 25.6 Å². The molecule has 2 aromatic rings. The van der Waals surface area contributed by atoms with E-state index < -0.39 is 22.7 Å². The molecular weight excluding hydrogens is 338 g/mol. The lowest BCUT2D eigenvalue weighted by Gasteiger charge is -2.21. The van der Waals surface area contributed by atoms with E-state index in [2.05, 4.69) is 25.6 Å². The number of imidazole rings is 1. The van der Waals surface area contributed by atoms with Gasteiger partial charge in [0.15, 0.2) is 10.8 Å². The van der Waals surface area contributed by atoms with Crippen LogP contribution in [0.25, 0.3) is 11.2 Å². The summed E-state index contributed by atoms with van der Waals surface area (Å²) < 4.78 is 0. The first-order chi connectivity index (χ1) is 10.6. The minimum absolute atomic E-state index is 0.400. The fraction of sp³-hybridized carbons (Fsp3) is 0.429. The molecule has 0 spiro atoms. The maximum Gasteiger partial charge on any atom is 0.321 e. The van der Waals surface area contributed by atoms with Gasteiger partial charge in [0.2, 0.25) is 5.91 Å². The zero-order valence-electron chi connectivity index (χ0n) is 13.2. The number of carbonyl (C=O) groups is 2. The average molecular weight is 356 g/mol. The molecule has 0 fully saturated rings. The summed E-state index contributed by atoms with van der Waals surface area (Å²) in [5.41, 5.74) is 0.804. The Labute approximate surface area is 143 Å². The SMILES string of the molecule is C[C@H](Sc1nc2ncc(Cl)cc2[nH]1)C(=O)NC(=O)NC(C)(C)C. The van der Waals surface area contributed by atoms with Gasteiger partial charge in [-0.15, -0.1) is 0 Å². The number of hydrogen-bond donors (Lipinski definition) is 3. The number of carbonyl (C=O) groups excluding carboxylic acids is 2. The van der Waals surface area contributed by atoms with E-state index in [1.54, 1.807) is 13.0 Å². The number of rotatable bonds is 3. The van der Waals surface area contributed by atoms with Gasteiger partial charge in [0.05, 0.1) is 15.8 Å². The first-order valence-electron chi connectivity index (χ1n) is 6.95. The van der Waals surface area contributed by atoms with E-state index in [-0.39, 0.29) is 0 Å². The lowest BCUT2D eigenvalue weighted by molar-refractivity contribution is -0.119. The molecule has 0 saturated heterocycles. The molecule has 9 heteroatoms. The van der Waals surface area contributed by atoms with Crippen LogP contribution in [-0.2, 0) is 4.79 Å². The smallest absolute Gasteiger partial charge is 0.321 e. The Morgan fingerprint density at radius 2 is 2.09 bits per heavy atom. The summed E-state index contributed by atoms with van der Waals surface area (Å²) in [5.74, 6) is -0.400. The molecule has 2 aromatic heterocycles. The van der Waals surface area contributed by atoms with Crippen LogP contribution in [0.1, 0.15) is 27.7 Å². The van der Waals surface area contributed by atoms with Crippen molar-refractivity contribution in [2.24, 2.45) is 0 Å². The second kappa shape index (κ2) is 6.76. The molecule has 0 aliphatic heterocycles. The predicted octanol–water partition coefficient (Wildman–Crippen LogP) is 2.72. The zero-order chi connectivity index (χ0) is 17.2. The first kappa shape index (κ1) is 17.6. The van der Waals surface area contributed by atoms with Crippen molar-refractivity contribution in [3.05, 3.63) is 17.3 Å². The van der Waals surface area contributed by atoms with E-state index in [9.17, 15) is 9.59 Å². The molecule has 0 aliphatic rings. The second-order valence-corrected chi connectivity index (χ2v) is 7.79. The van der Waals surface area contributed by atoms with E-state index in [0.717, 1.165) is 0 Å². The standard InChI is InChI=1S/C14H18ClN5O2S/c1-7(11(21)19-12(22)20-14(2,3)4)23-13-17-9-5-8(15)6-16-10(9)18-13/h5-7H,1-4H3,(H,16,17,18)(H2,19,20,21,22)/t7-/m0/s1. The Kier molecular flexibility index (Phi) is 5.16. The van der Waals surface area contributed by atoms with Crippen LogP contribution in [0, 0.1) is 0 Å². The fourth-order valence-electron chi connectivity index (χ4n) is 1.71. The Morgan fingerprint density at radius 1 is 1.39 bits per heavy atom. The van der Waals surface area contributed by atoms with Gasteiger partial charge in [-0.25, -0.2) is 14.8 Å². The van der Waals surface area contributed by atoms with Gasteiger partial charge >= 0.3 is 6.03 Å². The number of thioether (sulfide) groups is 1. The van der Waals surface area contributed by atoms with Crippen LogP contribution >= 0.6 is 23.4 Å². The van der Waals surface area contributed by atoms with Crippen LogP contribution in [0.4, 0.5) is 4.79 Å². The largest absolute Gasteiger partial charge is 0.333 e. The Bertz CT molecular complexity index is 740. The van der Waals surface area contributed by atoms with Crippen LogP contribution in [0.2, 0.25) is 5.02 Å². The number of urea groups is 1. The summed E-state index contributed by atoms with van der Waals surface area (Å²) >= 11 is 7.07. The Morgan fingerprint density at radius 3 is 2.74 bits per heavy atom. The molecule has 0 aromatic carbocycles. The molecule has 23 heavy (non-hydrogen) atoms. The summed E-state index contributed by atoms with van der Waals surface area (Å²) in [6, 6.07) is 1.19. The van der Waals surface area contributed by atoms with Gasteiger partial charge in [-0.3, -0.25) is 10.1 Å². The number of H-pyrrole nitrogens is 1. The zero-order valence-corrected chi connectivity index (χ0v) is 14.8. The quantitative estimate of drug-likeness (QED) is 0.735. The number of amides is 3. The molecule has 7 nitrogen and oxygen atoms in total. The highest BCUT2D eigenvalue weighted by molar-refractivity contribution is 8.00. The molecule has 1 atom stereocenters. The predicted molar refractivity (Wildman–Crippen MR) is 90.6 cm³/mol. The monoisotopic (exact) mass is 355 g/mol. The van der Waals surface area contributed by atoms with Crippen LogP contribution in [0.3, 0.4) is 0 Å². The molecule has 0 aliphatic carbocycles. The van der Waals surface area contributed by atoms with Crippen molar-refractivity contribution in [2.45, 2.75) is 43.6 Å². The molecule has 2 rings (SSSR count). The maximum atomic E-state index is 12.0. The normalized spacial score (nSPS) is 12.9. The maximum absolute atomic E-state index is 12.0. The van der Waals surface area contributed by atoms with E-state index in [1.807, 2.05) is 20.8 Å². The molecule has 0 bridgehead atoms. The molecule has 2 heterocycles. The number of aromatic nitrogens is 3. The minimum atomic E-state index is -0.520. The highest BCUT2D eigenvalue weighted by atomic mass is 35.5. The average Bonchev–Trinajstić information content (AvgIpc) is 2.77. The van der Waals surface area contributed by atoms with Crippen LogP contribution in [0.15, 0.2) is 17.4 Å². The Hall–Kier alpha value is -1.80.